The fourth-order valence-corrected chi connectivity index (χ4v) is 2.33. The van der Waals surface area contributed by atoms with Gasteiger partial charge in [0.05, 0.1) is 11.8 Å². The van der Waals surface area contributed by atoms with Crippen molar-refractivity contribution >= 4 is 17.6 Å². The number of nitrogens with one attached hydrogen (secondary N) is 1. The van der Waals surface area contributed by atoms with Gasteiger partial charge in [-0.2, -0.15) is 0 Å². The zero-order valence-electron chi connectivity index (χ0n) is 10.8. The van der Waals surface area contributed by atoms with Crippen molar-refractivity contribution < 1.29 is 14.7 Å². The molecule has 0 aromatic heterocycles. The molecular weight excluding hydrogens is 242 g/mol. The number of aryl methyl sites for hydroxylation is 1. The van der Waals surface area contributed by atoms with Gasteiger partial charge in [0.25, 0.3) is 0 Å². The van der Waals surface area contributed by atoms with Crippen molar-refractivity contribution in [1.82, 2.24) is 0 Å². The molecule has 100 valence electrons. The highest BCUT2D eigenvalue weighted by Gasteiger charge is 2.33. The number of amides is 1. The standard InChI is InChI=1S/C15H17NO3/c1-10-5-4-6-11(9-10)16-14(17)12-7-2-3-8-13(12)15(18)19/h2-6,9,12-13H,7-8H2,1H3,(H,16,17)(H,18,19)/t12-,13+/m1/s1. The second kappa shape index (κ2) is 5.69. The van der Waals surface area contributed by atoms with Crippen molar-refractivity contribution in [2.24, 2.45) is 11.8 Å². The van der Waals surface area contributed by atoms with E-state index < -0.39 is 17.8 Å². The molecule has 0 unspecified atom stereocenters. The Morgan fingerprint density at radius 1 is 1.21 bits per heavy atom. The van der Waals surface area contributed by atoms with Crippen LogP contribution >= 0.6 is 0 Å². The lowest BCUT2D eigenvalue weighted by Crippen LogP contribution is -2.34. The maximum Gasteiger partial charge on any atom is 0.307 e. The van der Waals surface area contributed by atoms with E-state index in [4.69, 9.17) is 5.11 Å². The van der Waals surface area contributed by atoms with Gasteiger partial charge < -0.3 is 10.4 Å². The maximum absolute atomic E-state index is 12.2. The Hall–Kier alpha value is -2.10. The van der Waals surface area contributed by atoms with E-state index in [2.05, 4.69) is 5.32 Å². The summed E-state index contributed by atoms with van der Waals surface area (Å²) in [4.78, 5) is 23.3. The lowest BCUT2D eigenvalue weighted by molar-refractivity contribution is -0.146. The second-order valence-corrected chi connectivity index (χ2v) is 4.85. The van der Waals surface area contributed by atoms with Crippen LogP contribution in [0.3, 0.4) is 0 Å². The Bertz CT molecular complexity index is 522. The van der Waals surface area contributed by atoms with Crippen LogP contribution in [0, 0.1) is 18.8 Å². The summed E-state index contributed by atoms with van der Waals surface area (Å²) in [5.74, 6) is -2.26. The molecule has 0 radical (unpaired) electrons. The van der Waals surface area contributed by atoms with Crippen LogP contribution in [-0.2, 0) is 9.59 Å². The Labute approximate surface area is 112 Å². The first-order chi connectivity index (χ1) is 9.08. The van der Waals surface area contributed by atoms with Gasteiger partial charge in [0.15, 0.2) is 0 Å². The lowest BCUT2D eigenvalue weighted by Gasteiger charge is -2.24. The number of hydrogen-bond acceptors (Lipinski definition) is 2. The Balaban J connectivity index is 2.10. The van der Waals surface area contributed by atoms with Crippen LogP contribution in [0.4, 0.5) is 5.69 Å². The second-order valence-electron chi connectivity index (χ2n) is 4.85. The molecule has 19 heavy (non-hydrogen) atoms. The minimum atomic E-state index is -0.909. The largest absolute Gasteiger partial charge is 0.481 e. The number of anilines is 1. The number of carboxylic acid groups (broad SMARTS) is 1. The molecule has 4 heteroatoms. The normalized spacial score (nSPS) is 21.9. The number of carbonyl (C=O) groups excluding carboxylic acids is 1. The van der Waals surface area contributed by atoms with Crippen molar-refractivity contribution in [1.29, 1.82) is 0 Å². The van der Waals surface area contributed by atoms with Gasteiger partial charge in [-0.15, -0.1) is 0 Å². The minimum absolute atomic E-state index is 0.220. The Morgan fingerprint density at radius 3 is 2.53 bits per heavy atom. The molecular formula is C15H17NO3. The van der Waals surface area contributed by atoms with E-state index in [1.807, 2.05) is 37.3 Å². The number of hydrogen-bond donors (Lipinski definition) is 2. The number of allylic oxidation sites excluding steroid dienone is 2. The predicted molar refractivity (Wildman–Crippen MR) is 72.8 cm³/mol. The van der Waals surface area contributed by atoms with Crippen LogP contribution in [0.5, 0.6) is 0 Å². The molecule has 0 fully saturated rings. The summed E-state index contributed by atoms with van der Waals surface area (Å²) < 4.78 is 0. The number of rotatable bonds is 3. The molecule has 0 bridgehead atoms. The molecule has 1 aromatic carbocycles. The molecule has 0 aliphatic heterocycles. The van der Waals surface area contributed by atoms with Crippen LogP contribution in [0.25, 0.3) is 0 Å². The molecule has 1 aliphatic rings. The summed E-state index contributed by atoms with van der Waals surface area (Å²) in [6, 6.07) is 7.48. The molecule has 0 heterocycles. The van der Waals surface area contributed by atoms with E-state index in [0.717, 1.165) is 5.56 Å². The van der Waals surface area contributed by atoms with Crippen LogP contribution < -0.4 is 5.32 Å². The van der Waals surface area contributed by atoms with Gasteiger partial charge in [0, 0.05) is 5.69 Å². The van der Waals surface area contributed by atoms with Gasteiger partial charge in [-0.1, -0.05) is 24.3 Å². The number of aliphatic carboxylic acids is 1. The molecule has 1 amide bonds. The fourth-order valence-electron chi connectivity index (χ4n) is 2.33. The number of carbonyl (C=O) groups is 2. The average Bonchev–Trinajstić information content (AvgIpc) is 2.38. The SMILES string of the molecule is Cc1cccc(NC(=O)[C@@H]2CC=CC[C@@H]2C(=O)O)c1. The Morgan fingerprint density at radius 2 is 1.89 bits per heavy atom. The van der Waals surface area contributed by atoms with Crippen LogP contribution in [0.1, 0.15) is 18.4 Å². The van der Waals surface area contributed by atoms with Gasteiger partial charge in [0.1, 0.15) is 0 Å². The summed E-state index contributed by atoms with van der Waals surface area (Å²) >= 11 is 0. The summed E-state index contributed by atoms with van der Waals surface area (Å²) in [5.41, 5.74) is 1.76. The summed E-state index contributed by atoms with van der Waals surface area (Å²) in [5, 5.41) is 12.0. The van der Waals surface area contributed by atoms with Gasteiger partial charge >= 0.3 is 5.97 Å². The van der Waals surface area contributed by atoms with Gasteiger partial charge in [-0.3, -0.25) is 9.59 Å². The van der Waals surface area contributed by atoms with Gasteiger partial charge in [0.2, 0.25) is 5.91 Å². The highest BCUT2D eigenvalue weighted by molar-refractivity contribution is 5.95. The van der Waals surface area contributed by atoms with Gasteiger partial charge in [-0.25, -0.2) is 0 Å². The average molecular weight is 259 g/mol. The summed E-state index contributed by atoms with van der Waals surface area (Å²) in [6.45, 7) is 1.94. The predicted octanol–water partition coefficient (Wildman–Crippen LogP) is 2.60. The van der Waals surface area contributed by atoms with E-state index in [1.165, 1.54) is 0 Å². The van der Waals surface area contributed by atoms with Crippen molar-refractivity contribution in [2.45, 2.75) is 19.8 Å². The van der Waals surface area contributed by atoms with Crippen molar-refractivity contribution in [3.05, 3.63) is 42.0 Å². The topological polar surface area (TPSA) is 66.4 Å². The van der Waals surface area contributed by atoms with Crippen LogP contribution in [-0.4, -0.2) is 17.0 Å². The molecule has 2 atom stereocenters. The molecule has 2 rings (SSSR count). The first kappa shape index (κ1) is 13.3. The first-order valence-electron chi connectivity index (χ1n) is 6.33. The highest BCUT2D eigenvalue weighted by atomic mass is 16.4. The van der Waals surface area contributed by atoms with Crippen molar-refractivity contribution in [2.75, 3.05) is 5.32 Å². The molecule has 2 N–H and O–H groups in total. The third-order valence-corrected chi connectivity index (χ3v) is 3.37. The molecule has 0 saturated carbocycles. The van der Waals surface area contributed by atoms with E-state index in [-0.39, 0.29) is 5.91 Å². The molecule has 1 aromatic rings. The fraction of sp³-hybridized carbons (Fsp3) is 0.333. The lowest BCUT2D eigenvalue weighted by atomic mass is 9.82. The van der Waals surface area contributed by atoms with Crippen molar-refractivity contribution in [3.8, 4) is 0 Å². The zero-order valence-corrected chi connectivity index (χ0v) is 10.8. The highest BCUT2D eigenvalue weighted by Crippen LogP contribution is 2.27. The van der Waals surface area contributed by atoms with Crippen LogP contribution in [0.2, 0.25) is 0 Å². The summed E-state index contributed by atoms with van der Waals surface area (Å²) in [7, 11) is 0. The molecule has 4 nitrogen and oxygen atoms in total. The van der Waals surface area contributed by atoms with E-state index >= 15 is 0 Å². The van der Waals surface area contributed by atoms with E-state index in [0.29, 0.717) is 18.5 Å². The third kappa shape index (κ3) is 3.22. The number of benzene rings is 1. The smallest absolute Gasteiger partial charge is 0.307 e. The molecule has 0 saturated heterocycles. The quantitative estimate of drug-likeness (QED) is 0.820. The van der Waals surface area contributed by atoms with E-state index in [9.17, 15) is 9.59 Å². The number of carboxylic acids is 1. The van der Waals surface area contributed by atoms with E-state index in [1.54, 1.807) is 6.07 Å². The monoisotopic (exact) mass is 259 g/mol. The summed E-state index contributed by atoms with van der Waals surface area (Å²) in [6.07, 6.45) is 4.60. The first-order valence-corrected chi connectivity index (χ1v) is 6.33. The van der Waals surface area contributed by atoms with Crippen molar-refractivity contribution in [3.63, 3.8) is 0 Å². The third-order valence-electron chi connectivity index (χ3n) is 3.37. The Kier molecular flexibility index (Phi) is 4.00. The maximum atomic E-state index is 12.2. The molecule has 1 aliphatic carbocycles. The van der Waals surface area contributed by atoms with Crippen LogP contribution in [0.15, 0.2) is 36.4 Å². The minimum Gasteiger partial charge on any atom is -0.481 e. The van der Waals surface area contributed by atoms with Gasteiger partial charge in [-0.05, 0) is 37.5 Å². The zero-order chi connectivity index (χ0) is 13.8. The molecule has 0 spiro atoms.